The molecular weight excluding hydrogens is 496 g/mol. The molecule has 1 amide bonds. The average Bonchev–Trinajstić information content (AvgIpc) is 2.87. The monoisotopic (exact) mass is 520 g/mol. The maximum absolute atomic E-state index is 13.2. The maximum atomic E-state index is 13.2. The van der Waals surface area contributed by atoms with Gasteiger partial charge < -0.3 is 9.64 Å². The van der Waals surface area contributed by atoms with Gasteiger partial charge in [-0.15, -0.1) is 0 Å². The van der Waals surface area contributed by atoms with Gasteiger partial charge in [-0.25, -0.2) is 4.39 Å². The number of piperazine rings is 1. The lowest BCUT2D eigenvalue weighted by Crippen LogP contribution is -2.49. The van der Waals surface area contributed by atoms with E-state index >= 15 is 0 Å². The fourth-order valence-corrected chi connectivity index (χ4v) is 4.19. The highest BCUT2D eigenvalue weighted by Crippen LogP contribution is 2.30. The van der Waals surface area contributed by atoms with E-state index in [1.54, 1.807) is 17.0 Å². The molecule has 0 bridgehead atoms. The number of benzene rings is 3. The van der Waals surface area contributed by atoms with E-state index in [1.165, 1.54) is 36.4 Å². The number of carbonyl (C=O) groups excluding carboxylic acids is 1. The van der Waals surface area contributed by atoms with Gasteiger partial charge in [-0.2, -0.15) is 13.2 Å². The predicted molar refractivity (Wildman–Crippen MR) is 129 cm³/mol. The van der Waals surface area contributed by atoms with Crippen LogP contribution in [0.2, 0.25) is 5.02 Å². The van der Waals surface area contributed by atoms with Gasteiger partial charge in [0.25, 0.3) is 5.91 Å². The fraction of sp³-hybridized carbons (Fsp3) is 0.296. The molecule has 9 heteroatoms. The van der Waals surface area contributed by atoms with Gasteiger partial charge in [0.1, 0.15) is 5.82 Å². The topological polar surface area (TPSA) is 32.8 Å². The third kappa shape index (κ3) is 6.84. The second-order valence-electron chi connectivity index (χ2n) is 8.65. The number of hydrogen-bond donors (Lipinski definition) is 0. The zero-order valence-electron chi connectivity index (χ0n) is 19.3. The van der Waals surface area contributed by atoms with Crippen molar-refractivity contribution in [1.82, 2.24) is 9.80 Å². The Morgan fingerprint density at radius 1 is 0.889 bits per heavy atom. The lowest BCUT2D eigenvalue weighted by molar-refractivity contribution is -0.137. The smallest absolute Gasteiger partial charge is 0.368 e. The van der Waals surface area contributed by atoms with Crippen LogP contribution >= 0.6 is 11.6 Å². The predicted octanol–water partition coefficient (Wildman–Crippen LogP) is 6.21. The van der Waals surface area contributed by atoms with Gasteiger partial charge in [-0.05, 0) is 59.7 Å². The number of hydrogen-bond acceptors (Lipinski definition) is 3. The third-order valence-electron chi connectivity index (χ3n) is 6.15. The van der Waals surface area contributed by atoms with E-state index in [0.29, 0.717) is 48.9 Å². The SMILES string of the molecule is O=C(c1ccc(F)cc1)N1CCN(C[C@H](OCc2ccc(C(F)(F)F)cc2)c2ccc(Cl)cc2)CC1. The van der Waals surface area contributed by atoms with Crippen LogP contribution in [0.25, 0.3) is 0 Å². The molecule has 3 aromatic carbocycles. The first-order valence-corrected chi connectivity index (χ1v) is 11.9. The molecule has 4 rings (SSSR count). The zero-order valence-corrected chi connectivity index (χ0v) is 20.1. The second kappa shape index (κ2) is 11.4. The third-order valence-corrected chi connectivity index (χ3v) is 6.40. The Hall–Kier alpha value is -2.94. The van der Waals surface area contributed by atoms with Gasteiger partial charge in [0.2, 0.25) is 0 Å². The quantitative estimate of drug-likeness (QED) is 0.347. The fourth-order valence-electron chi connectivity index (χ4n) is 4.06. The molecule has 0 N–H and O–H groups in total. The van der Waals surface area contributed by atoms with Crippen molar-refractivity contribution in [1.29, 1.82) is 0 Å². The van der Waals surface area contributed by atoms with Crippen molar-refractivity contribution in [3.05, 3.63) is 106 Å². The Labute approximate surface area is 212 Å². The highest BCUT2D eigenvalue weighted by molar-refractivity contribution is 6.30. The molecule has 1 fully saturated rings. The molecule has 0 unspecified atom stereocenters. The molecule has 0 radical (unpaired) electrons. The van der Waals surface area contributed by atoms with Gasteiger partial charge in [0.05, 0.1) is 18.3 Å². The molecule has 1 atom stereocenters. The average molecular weight is 521 g/mol. The number of carbonyl (C=O) groups is 1. The molecule has 36 heavy (non-hydrogen) atoms. The summed E-state index contributed by atoms with van der Waals surface area (Å²) in [4.78, 5) is 16.6. The Bertz CT molecular complexity index is 1140. The first-order valence-electron chi connectivity index (χ1n) is 11.5. The van der Waals surface area contributed by atoms with Crippen LogP contribution in [0.5, 0.6) is 0 Å². The summed E-state index contributed by atoms with van der Waals surface area (Å²) in [6.45, 7) is 2.97. The number of alkyl halides is 3. The summed E-state index contributed by atoms with van der Waals surface area (Å²) in [5.74, 6) is -0.525. The van der Waals surface area contributed by atoms with E-state index in [9.17, 15) is 22.4 Å². The molecule has 0 aliphatic carbocycles. The van der Waals surface area contributed by atoms with Gasteiger partial charge in [-0.3, -0.25) is 9.69 Å². The summed E-state index contributed by atoms with van der Waals surface area (Å²) in [6, 6.07) is 17.7. The molecule has 1 aliphatic heterocycles. The van der Waals surface area contributed by atoms with Crippen molar-refractivity contribution in [2.45, 2.75) is 18.9 Å². The van der Waals surface area contributed by atoms with Crippen molar-refractivity contribution in [2.75, 3.05) is 32.7 Å². The van der Waals surface area contributed by atoms with Gasteiger partial charge in [0.15, 0.2) is 0 Å². The van der Waals surface area contributed by atoms with Crippen molar-refractivity contribution < 1.29 is 27.1 Å². The highest BCUT2D eigenvalue weighted by atomic mass is 35.5. The molecule has 1 saturated heterocycles. The molecule has 190 valence electrons. The van der Waals surface area contributed by atoms with Crippen LogP contribution in [0, 0.1) is 5.82 Å². The van der Waals surface area contributed by atoms with Crippen molar-refractivity contribution in [3.63, 3.8) is 0 Å². The van der Waals surface area contributed by atoms with Crippen LogP contribution in [-0.4, -0.2) is 48.4 Å². The summed E-state index contributed by atoms with van der Waals surface area (Å²) in [5, 5.41) is 0.591. The van der Waals surface area contributed by atoms with Crippen LogP contribution in [0.1, 0.15) is 33.2 Å². The minimum atomic E-state index is -4.38. The lowest BCUT2D eigenvalue weighted by atomic mass is 10.1. The number of amides is 1. The molecular formula is C27H25ClF4N2O2. The van der Waals surface area contributed by atoms with Crippen LogP contribution < -0.4 is 0 Å². The van der Waals surface area contributed by atoms with Crippen LogP contribution in [0.4, 0.5) is 17.6 Å². The van der Waals surface area contributed by atoms with Gasteiger partial charge >= 0.3 is 6.18 Å². The maximum Gasteiger partial charge on any atom is 0.416 e. The van der Waals surface area contributed by atoms with Crippen molar-refractivity contribution in [2.24, 2.45) is 0 Å². The first kappa shape index (κ1) is 26.1. The number of nitrogens with zero attached hydrogens (tertiary/aromatic N) is 2. The largest absolute Gasteiger partial charge is 0.416 e. The van der Waals surface area contributed by atoms with Gasteiger partial charge in [0, 0.05) is 43.3 Å². The van der Waals surface area contributed by atoms with Gasteiger partial charge in [-0.1, -0.05) is 35.9 Å². The number of halogens is 5. The summed E-state index contributed by atoms with van der Waals surface area (Å²) in [5.41, 5.74) is 1.28. The first-order chi connectivity index (χ1) is 17.2. The Morgan fingerprint density at radius 3 is 2.08 bits per heavy atom. The molecule has 1 aliphatic rings. The molecule has 1 heterocycles. The van der Waals surface area contributed by atoms with E-state index in [2.05, 4.69) is 4.90 Å². The summed E-state index contributed by atoms with van der Waals surface area (Å²) in [7, 11) is 0. The summed E-state index contributed by atoms with van der Waals surface area (Å²) in [6.07, 6.45) is -4.73. The van der Waals surface area contributed by atoms with E-state index < -0.39 is 11.7 Å². The highest BCUT2D eigenvalue weighted by Gasteiger charge is 2.30. The molecule has 0 aromatic heterocycles. The Morgan fingerprint density at radius 2 is 1.50 bits per heavy atom. The molecule has 0 saturated carbocycles. The Balaban J connectivity index is 1.38. The van der Waals surface area contributed by atoms with Crippen LogP contribution in [0.3, 0.4) is 0 Å². The van der Waals surface area contributed by atoms with E-state index in [0.717, 1.165) is 17.7 Å². The second-order valence-corrected chi connectivity index (χ2v) is 9.08. The summed E-state index contributed by atoms with van der Waals surface area (Å²) < 4.78 is 57.9. The Kier molecular flexibility index (Phi) is 8.28. The summed E-state index contributed by atoms with van der Waals surface area (Å²) >= 11 is 6.04. The normalized spacial score (nSPS) is 15.6. The van der Waals surface area contributed by atoms with E-state index in [-0.39, 0.29) is 24.4 Å². The standard InChI is InChI=1S/C27H25ClF4N2O2/c28-23-9-3-20(4-10-23)25(36-18-19-1-7-22(8-2-19)27(30,31)32)17-33-13-15-34(16-14-33)26(35)21-5-11-24(29)12-6-21/h1-12,25H,13-18H2/t25-/m0/s1. The minimum Gasteiger partial charge on any atom is -0.368 e. The zero-order chi connectivity index (χ0) is 25.7. The minimum absolute atomic E-state index is 0.137. The van der Waals surface area contributed by atoms with Crippen molar-refractivity contribution in [3.8, 4) is 0 Å². The molecule has 3 aromatic rings. The van der Waals surface area contributed by atoms with E-state index in [1.807, 2.05) is 12.1 Å². The number of rotatable bonds is 7. The lowest BCUT2D eigenvalue weighted by Gasteiger charge is -2.36. The van der Waals surface area contributed by atoms with E-state index in [4.69, 9.17) is 16.3 Å². The van der Waals surface area contributed by atoms with Crippen molar-refractivity contribution >= 4 is 17.5 Å². The molecule has 4 nitrogen and oxygen atoms in total. The molecule has 0 spiro atoms. The van der Waals surface area contributed by atoms with Crippen LogP contribution in [0.15, 0.2) is 72.8 Å². The number of ether oxygens (including phenoxy) is 1. The van der Waals surface area contributed by atoms with Crippen LogP contribution in [-0.2, 0) is 17.5 Å².